The van der Waals surface area contributed by atoms with E-state index in [0.29, 0.717) is 5.92 Å². The summed E-state index contributed by atoms with van der Waals surface area (Å²) in [6.45, 7) is 2.83. The first-order valence-electron chi connectivity index (χ1n) is 5.65. The van der Waals surface area contributed by atoms with Gasteiger partial charge in [-0.1, -0.05) is 0 Å². The van der Waals surface area contributed by atoms with E-state index in [1.54, 1.807) is 6.33 Å². The van der Waals surface area contributed by atoms with Gasteiger partial charge in [-0.25, -0.2) is 9.97 Å². The third-order valence-electron chi connectivity index (χ3n) is 3.04. The lowest BCUT2D eigenvalue weighted by Gasteiger charge is -2.19. The van der Waals surface area contributed by atoms with Gasteiger partial charge >= 0.3 is 0 Å². The predicted molar refractivity (Wildman–Crippen MR) is 65.7 cm³/mol. The molecule has 1 atom stereocenters. The molecular weight excluding hydrogens is 202 g/mol. The molecule has 88 valence electrons. The molecule has 1 aromatic rings. The standard InChI is InChI=1S/C11H19N5/c1-15(2)10-5-11(14-8-13-10)16-4-3-9(6-12)7-16/h5,8-9H,3-4,6-7,12H2,1-2H3. The van der Waals surface area contributed by atoms with Crippen molar-refractivity contribution in [1.82, 2.24) is 9.97 Å². The molecule has 0 aliphatic carbocycles. The summed E-state index contributed by atoms with van der Waals surface area (Å²) >= 11 is 0. The second-order valence-electron chi connectivity index (χ2n) is 4.47. The molecule has 5 heteroatoms. The largest absolute Gasteiger partial charge is 0.363 e. The molecule has 5 nitrogen and oxygen atoms in total. The Kier molecular flexibility index (Phi) is 3.24. The summed E-state index contributed by atoms with van der Waals surface area (Å²) in [7, 11) is 3.97. The molecule has 16 heavy (non-hydrogen) atoms. The van der Waals surface area contributed by atoms with Crippen molar-refractivity contribution in [2.75, 3.05) is 43.5 Å². The summed E-state index contributed by atoms with van der Waals surface area (Å²) in [5, 5.41) is 0. The van der Waals surface area contributed by atoms with Gasteiger partial charge in [0.2, 0.25) is 0 Å². The minimum Gasteiger partial charge on any atom is -0.363 e. The van der Waals surface area contributed by atoms with Crippen LogP contribution in [0.1, 0.15) is 6.42 Å². The Hall–Kier alpha value is -1.36. The van der Waals surface area contributed by atoms with Crippen molar-refractivity contribution < 1.29 is 0 Å². The van der Waals surface area contributed by atoms with Gasteiger partial charge in [0, 0.05) is 33.3 Å². The molecular formula is C11H19N5. The molecule has 2 rings (SSSR count). The van der Waals surface area contributed by atoms with Crippen molar-refractivity contribution in [3.05, 3.63) is 12.4 Å². The molecule has 1 aliphatic heterocycles. The van der Waals surface area contributed by atoms with Crippen LogP contribution in [0.15, 0.2) is 12.4 Å². The first-order valence-corrected chi connectivity index (χ1v) is 5.65. The molecule has 1 fully saturated rings. The molecule has 2 heterocycles. The van der Waals surface area contributed by atoms with E-state index in [0.717, 1.165) is 37.7 Å². The maximum Gasteiger partial charge on any atom is 0.134 e. The van der Waals surface area contributed by atoms with Crippen LogP contribution in [0.3, 0.4) is 0 Å². The number of rotatable bonds is 3. The third kappa shape index (κ3) is 2.24. The summed E-state index contributed by atoms with van der Waals surface area (Å²) in [4.78, 5) is 12.8. The zero-order valence-corrected chi connectivity index (χ0v) is 9.93. The van der Waals surface area contributed by atoms with E-state index >= 15 is 0 Å². The van der Waals surface area contributed by atoms with Gasteiger partial charge in [0.05, 0.1) is 0 Å². The lowest BCUT2D eigenvalue weighted by molar-refractivity contribution is 0.602. The van der Waals surface area contributed by atoms with Crippen LogP contribution in [-0.4, -0.2) is 43.7 Å². The van der Waals surface area contributed by atoms with Crippen molar-refractivity contribution in [2.24, 2.45) is 11.7 Å². The predicted octanol–water partition coefficient (Wildman–Crippen LogP) is 0.328. The highest BCUT2D eigenvalue weighted by molar-refractivity contribution is 5.49. The van der Waals surface area contributed by atoms with Crippen molar-refractivity contribution in [3.8, 4) is 0 Å². The summed E-state index contributed by atoms with van der Waals surface area (Å²) in [5.74, 6) is 2.56. The van der Waals surface area contributed by atoms with Gasteiger partial charge < -0.3 is 15.5 Å². The maximum absolute atomic E-state index is 5.68. The fraction of sp³-hybridized carbons (Fsp3) is 0.636. The summed E-state index contributed by atoms with van der Waals surface area (Å²) in [6.07, 6.45) is 2.79. The lowest BCUT2D eigenvalue weighted by atomic mass is 10.1. The van der Waals surface area contributed by atoms with E-state index in [2.05, 4.69) is 14.9 Å². The first kappa shape index (κ1) is 11.1. The van der Waals surface area contributed by atoms with E-state index in [4.69, 9.17) is 5.73 Å². The van der Waals surface area contributed by atoms with E-state index in [1.807, 2.05) is 25.1 Å². The van der Waals surface area contributed by atoms with Gasteiger partial charge in [-0.05, 0) is 18.9 Å². The van der Waals surface area contributed by atoms with Crippen LogP contribution in [0.2, 0.25) is 0 Å². The van der Waals surface area contributed by atoms with Crippen LogP contribution in [0.5, 0.6) is 0 Å². The second kappa shape index (κ2) is 4.65. The number of anilines is 2. The van der Waals surface area contributed by atoms with Crippen LogP contribution in [0, 0.1) is 5.92 Å². The number of nitrogens with zero attached hydrogens (tertiary/aromatic N) is 4. The number of aromatic nitrogens is 2. The third-order valence-corrected chi connectivity index (χ3v) is 3.04. The van der Waals surface area contributed by atoms with Gasteiger partial charge in [-0.2, -0.15) is 0 Å². The van der Waals surface area contributed by atoms with Crippen LogP contribution < -0.4 is 15.5 Å². The normalized spacial score (nSPS) is 20.2. The highest BCUT2D eigenvalue weighted by atomic mass is 15.2. The van der Waals surface area contributed by atoms with Crippen molar-refractivity contribution in [2.45, 2.75) is 6.42 Å². The Labute approximate surface area is 96.3 Å². The zero-order chi connectivity index (χ0) is 11.5. The number of hydrogen-bond acceptors (Lipinski definition) is 5. The van der Waals surface area contributed by atoms with Crippen LogP contribution >= 0.6 is 0 Å². The van der Waals surface area contributed by atoms with Crippen LogP contribution in [0.25, 0.3) is 0 Å². The first-order chi connectivity index (χ1) is 7.70. The number of hydrogen-bond donors (Lipinski definition) is 1. The summed E-state index contributed by atoms with van der Waals surface area (Å²) in [6, 6.07) is 2.03. The lowest BCUT2D eigenvalue weighted by Crippen LogP contribution is -2.24. The smallest absolute Gasteiger partial charge is 0.134 e. The zero-order valence-electron chi connectivity index (χ0n) is 9.93. The highest BCUT2D eigenvalue weighted by Gasteiger charge is 2.22. The van der Waals surface area contributed by atoms with Crippen LogP contribution in [-0.2, 0) is 0 Å². The number of nitrogens with two attached hydrogens (primary N) is 1. The molecule has 0 aromatic carbocycles. The summed E-state index contributed by atoms with van der Waals surface area (Å²) in [5.41, 5.74) is 5.68. The van der Waals surface area contributed by atoms with Crippen molar-refractivity contribution in [1.29, 1.82) is 0 Å². The molecule has 1 saturated heterocycles. The topological polar surface area (TPSA) is 58.3 Å². The fourth-order valence-electron chi connectivity index (χ4n) is 1.99. The monoisotopic (exact) mass is 221 g/mol. The van der Waals surface area contributed by atoms with Gasteiger partial charge in [0.15, 0.2) is 0 Å². The summed E-state index contributed by atoms with van der Waals surface area (Å²) < 4.78 is 0. The van der Waals surface area contributed by atoms with E-state index in [-0.39, 0.29) is 0 Å². The van der Waals surface area contributed by atoms with E-state index in [9.17, 15) is 0 Å². The molecule has 0 bridgehead atoms. The molecule has 0 amide bonds. The fourth-order valence-corrected chi connectivity index (χ4v) is 1.99. The average molecular weight is 221 g/mol. The molecule has 1 aromatic heterocycles. The van der Waals surface area contributed by atoms with Gasteiger partial charge in [-0.3, -0.25) is 0 Å². The Morgan fingerprint density at radius 3 is 2.94 bits per heavy atom. The Balaban J connectivity index is 2.12. The Morgan fingerprint density at radius 2 is 2.31 bits per heavy atom. The SMILES string of the molecule is CN(C)c1cc(N2CCC(CN)C2)ncn1. The van der Waals surface area contributed by atoms with Gasteiger partial charge in [0.1, 0.15) is 18.0 Å². The molecule has 0 saturated carbocycles. The minimum absolute atomic E-state index is 0.609. The van der Waals surface area contributed by atoms with Gasteiger partial charge in [-0.15, -0.1) is 0 Å². The quantitative estimate of drug-likeness (QED) is 0.797. The Morgan fingerprint density at radius 1 is 1.50 bits per heavy atom. The van der Waals surface area contributed by atoms with Gasteiger partial charge in [0.25, 0.3) is 0 Å². The van der Waals surface area contributed by atoms with Crippen LogP contribution in [0.4, 0.5) is 11.6 Å². The second-order valence-corrected chi connectivity index (χ2v) is 4.47. The molecule has 1 unspecified atom stereocenters. The minimum atomic E-state index is 0.609. The highest BCUT2D eigenvalue weighted by Crippen LogP contribution is 2.23. The molecule has 0 spiro atoms. The average Bonchev–Trinajstić information content (AvgIpc) is 2.77. The Bertz CT molecular complexity index is 352. The molecule has 0 radical (unpaired) electrons. The molecule has 2 N–H and O–H groups in total. The van der Waals surface area contributed by atoms with Crippen molar-refractivity contribution in [3.63, 3.8) is 0 Å². The van der Waals surface area contributed by atoms with E-state index < -0.39 is 0 Å². The van der Waals surface area contributed by atoms with Crippen molar-refractivity contribution >= 4 is 11.6 Å². The molecule has 1 aliphatic rings. The van der Waals surface area contributed by atoms with E-state index in [1.165, 1.54) is 0 Å². The maximum atomic E-state index is 5.68.